The lowest BCUT2D eigenvalue weighted by Gasteiger charge is -2.07. The van der Waals surface area contributed by atoms with Crippen molar-refractivity contribution in [3.05, 3.63) is 50.1 Å². The number of halogens is 3. The molecule has 0 radical (unpaired) electrons. The maximum Gasteiger partial charge on any atom is 0.314 e. The fraction of sp³-hybridized carbons (Fsp3) is 0. The summed E-state index contributed by atoms with van der Waals surface area (Å²) in [5.74, 6) is -1.54. The van der Waals surface area contributed by atoms with Gasteiger partial charge in [-0.2, -0.15) is 0 Å². The van der Waals surface area contributed by atoms with Crippen LogP contribution in [0.5, 0.6) is 11.6 Å². The molecule has 0 saturated heterocycles. The molecule has 0 aliphatic heterocycles. The van der Waals surface area contributed by atoms with Crippen molar-refractivity contribution < 1.29 is 14.1 Å². The Morgan fingerprint density at radius 1 is 1.42 bits per heavy atom. The highest BCUT2D eigenvalue weighted by atomic mass is 79.9. The molecule has 0 bridgehead atoms. The highest BCUT2D eigenvalue weighted by Crippen LogP contribution is 2.37. The molecule has 9 heteroatoms. The van der Waals surface area contributed by atoms with Crippen LogP contribution in [0.25, 0.3) is 0 Å². The first-order valence-corrected chi connectivity index (χ1v) is 5.94. The summed E-state index contributed by atoms with van der Waals surface area (Å²) in [7, 11) is 0. The van der Waals surface area contributed by atoms with E-state index in [1.54, 1.807) is 0 Å². The van der Waals surface area contributed by atoms with Gasteiger partial charge in [0.2, 0.25) is 11.6 Å². The molecule has 0 N–H and O–H groups in total. The quantitative estimate of drug-likeness (QED) is 0.480. The van der Waals surface area contributed by atoms with Crippen LogP contribution in [-0.2, 0) is 0 Å². The van der Waals surface area contributed by atoms with Gasteiger partial charge in [0, 0.05) is 6.07 Å². The van der Waals surface area contributed by atoms with Gasteiger partial charge in [-0.15, -0.1) is 0 Å². The molecule has 1 heterocycles. The summed E-state index contributed by atoms with van der Waals surface area (Å²) in [6.07, 6.45) is 1.09. The molecule has 0 spiro atoms. The molecular formula is C10H4BrClFN3O3. The number of hydrogen-bond donors (Lipinski definition) is 0. The summed E-state index contributed by atoms with van der Waals surface area (Å²) in [6, 6.07) is 3.37. The average Bonchev–Trinajstić information content (AvgIpc) is 2.36. The van der Waals surface area contributed by atoms with Crippen molar-refractivity contribution in [3.8, 4) is 11.6 Å². The maximum absolute atomic E-state index is 13.6. The van der Waals surface area contributed by atoms with Crippen LogP contribution < -0.4 is 4.74 Å². The maximum atomic E-state index is 13.6. The Kier molecular flexibility index (Phi) is 3.91. The predicted octanol–water partition coefficient (Wildman–Crippen LogP) is 3.73. The molecule has 0 aliphatic carbocycles. The van der Waals surface area contributed by atoms with E-state index in [0.29, 0.717) is 0 Å². The number of rotatable bonds is 3. The predicted molar refractivity (Wildman–Crippen MR) is 67.9 cm³/mol. The Hall–Kier alpha value is -1.80. The van der Waals surface area contributed by atoms with Gasteiger partial charge in [-0.05, 0) is 22.0 Å². The molecule has 0 aliphatic rings. The van der Waals surface area contributed by atoms with E-state index in [4.69, 9.17) is 16.3 Å². The average molecular weight is 349 g/mol. The Bertz CT molecular complexity index is 656. The van der Waals surface area contributed by atoms with E-state index in [0.717, 1.165) is 18.5 Å². The number of ether oxygens (including phenoxy) is 1. The molecule has 1 aromatic carbocycles. The van der Waals surface area contributed by atoms with E-state index in [1.807, 2.05) is 0 Å². The monoisotopic (exact) mass is 347 g/mol. The van der Waals surface area contributed by atoms with Crippen molar-refractivity contribution in [1.82, 2.24) is 9.97 Å². The third-order valence-electron chi connectivity index (χ3n) is 2.06. The topological polar surface area (TPSA) is 78.2 Å². The minimum atomic E-state index is -0.879. The van der Waals surface area contributed by atoms with Crippen LogP contribution >= 0.6 is 27.5 Å². The number of benzene rings is 1. The molecule has 0 fully saturated rings. The van der Waals surface area contributed by atoms with Gasteiger partial charge in [0.25, 0.3) is 0 Å². The Labute approximate surface area is 119 Å². The Morgan fingerprint density at radius 2 is 2.16 bits per heavy atom. The second-order valence-corrected chi connectivity index (χ2v) is 4.38. The first-order valence-electron chi connectivity index (χ1n) is 4.77. The van der Waals surface area contributed by atoms with Gasteiger partial charge >= 0.3 is 5.69 Å². The zero-order valence-electron chi connectivity index (χ0n) is 9.01. The molecule has 19 heavy (non-hydrogen) atoms. The van der Waals surface area contributed by atoms with Crippen molar-refractivity contribution >= 4 is 33.2 Å². The van der Waals surface area contributed by atoms with Crippen LogP contribution in [0.2, 0.25) is 5.15 Å². The van der Waals surface area contributed by atoms with Crippen LogP contribution in [0.4, 0.5) is 10.1 Å². The second kappa shape index (κ2) is 5.45. The number of para-hydroxylation sites is 1. The summed E-state index contributed by atoms with van der Waals surface area (Å²) in [4.78, 5) is 17.4. The van der Waals surface area contributed by atoms with Crippen molar-refractivity contribution in [2.24, 2.45) is 0 Å². The second-order valence-electron chi connectivity index (χ2n) is 3.23. The van der Waals surface area contributed by atoms with Gasteiger partial charge in [0.05, 0.1) is 4.92 Å². The number of hydrogen-bond acceptors (Lipinski definition) is 5. The number of nitro benzene ring substituents is 1. The van der Waals surface area contributed by atoms with Crippen molar-refractivity contribution in [2.75, 3.05) is 0 Å². The van der Waals surface area contributed by atoms with E-state index in [-0.39, 0.29) is 15.5 Å². The molecule has 0 atom stereocenters. The van der Waals surface area contributed by atoms with Crippen LogP contribution in [0.1, 0.15) is 0 Å². The zero-order chi connectivity index (χ0) is 14.0. The molecule has 2 aromatic rings. The van der Waals surface area contributed by atoms with Crippen LogP contribution in [0.3, 0.4) is 0 Å². The lowest BCUT2D eigenvalue weighted by Crippen LogP contribution is -1.98. The SMILES string of the molecule is O=[N+]([O-])c1cccc(F)c1Oc1ncnc(Cl)c1Br. The fourth-order valence-corrected chi connectivity index (χ4v) is 1.65. The summed E-state index contributed by atoms with van der Waals surface area (Å²) in [5.41, 5.74) is -0.512. The summed E-state index contributed by atoms with van der Waals surface area (Å²) in [5, 5.41) is 10.8. The minimum absolute atomic E-state index is 0.0454. The van der Waals surface area contributed by atoms with Gasteiger partial charge in [-0.3, -0.25) is 10.1 Å². The Balaban J connectivity index is 2.49. The van der Waals surface area contributed by atoms with E-state index < -0.39 is 22.2 Å². The summed E-state index contributed by atoms with van der Waals surface area (Å²) in [6.45, 7) is 0. The lowest BCUT2D eigenvalue weighted by atomic mass is 10.3. The van der Waals surface area contributed by atoms with Crippen molar-refractivity contribution in [3.63, 3.8) is 0 Å². The van der Waals surface area contributed by atoms with Crippen molar-refractivity contribution in [1.29, 1.82) is 0 Å². The lowest BCUT2D eigenvalue weighted by molar-refractivity contribution is -0.385. The highest BCUT2D eigenvalue weighted by molar-refractivity contribution is 9.10. The van der Waals surface area contributed by atoms with E-state index >= 15 is 0 Å². The molecule has 0 amide bonds. The zero-order valence-corrected chi connectivity index (χ0v) is 11.4. The number of aromatic nitrogens is 2. The molecule has 2 rings (SSSR count). The standard InChI is InChI=1S/C10H4BrClFN3O3/c11-7-9(12)14-4-15-10(7)19-8-5(13)2-1-3-6(8)16(17)18/h1-4H. The minimum Gasteiger partial charge on any atom is -0.427 e. The van der Waals surface area contributed by atoms with Gasteiger partial charge in [0.1, 0.15) is 10.8 Å². The summed E-state index contributed by atoms with van der Waals surface area (Å²) >= 11 is 8.77. The van der Waals surface area contributed by atoms with Gasteiger partial charge in [-0.25, -0.2) is 14.4 Å². The smallest absolute Gasteiger partial charge is 0.314 e. The van der Waals surface area contributed by atoms with Crippen LogP contribution in [0, 0.1) is 15.9 Å². The van der Waals surface area contributed by atoms with E-state index in [1.165, 1.54) is 6.07 Å². The third kappa shape index (κ3) is 2.79. The summed E-state index contributed by atoms with van der Waals surface area (Å²) < 4.78 is 18.9. The number of nitro groups is 1. The molecule has 6 nitrogen and oxygen atoms in total. The Morgan fingerprint density at radius 3 is 2.84 bits per heavy atom. The molecule has 0 unspecified atom stereocenters. The van der Waals surface area contributed by atoms with Crippen LogP contribution in [-0.4, -0.2) is 14.9 Å². The molecule has 0 saturated carbocycles. The van der Waals surface area contributed by atoms with Crippen LogP contribution in [0.15, 0.2) is 29.0 Å². The third-order valence-corrected chi connectivity index (χ3v) is 3.29. The first kappa shape index (κ1) is 13.6. The van der Waals surface area contributed by atoms with Gasteiger partial charge < -0.3 is 4.74 Å². The highest BCUT2D eigenvalue weighted by Gasteiger charge is 2.22. The largest absolute Gasteiger partial charge is 0.427 e. The molecule has 98 valence electrons. The van der Waals surface area contributed by atoms with Gasteiger partial charge in [0.15, 0.2) is 11.0 Å². The number of nitrogens with zero attached hydrogens (tertiary/aromatic N) is 3. The van der Waals surface area contributed by atoms with Gasteiger partial charge in [-0.1, -0.05) is 17.7 Å². The van der Waals surface area contributed by atoms with E-state index in [9.17, 15) is 14.5 Å². The van der Waals surface area contributed by atoms with E-state index in [2.05, 4.69) is 25.9 Å². The molecular weight excluding hydrogens is 344 g/mol. The first-order chi connectivity index (χ1) is 9.00. The fourth-order valence-electron chi connectivity index (χ4n) is 1.24. The van der Waals surface area contributed by atoms with Crippen molar-refractivity contribution in [2.45, 2.75) is 0 Å². The normalized spacial score (nSPS) is 10.3. The molecule has 1 aromatic heterocycles.